The summed E-state index contributed by atoms with van der Waals surface area (Å²) >= 11 is 0. The Hall–Kier alpha value is -2.23. The zero-order valence-electron chi connectivity index (χ0n) is 11.0. The van der Waals surface area contributed by atoms with E-state index >= 15 is 0 Å². The largest absolute Gasteiger partial charge is 0.497 e. The normalized spacial score (nSPS) is 10.4. The molecule has 0 aliphatic rings. The predicted octanol–water partition coefficient (Wildman–Crippen LogP) is 3.34. The molecule has 0 fully saturated rings. The summed E-state index contributed by atoms with van der Waals surface area (Å²) < 4.78 is 10.8. The molecule has 19 heavy (non-hydrogen) atoms. The average molecular weight is 260 g/mol. The van der Waals surface area contributed by atoms with Crippen molar-refractivity contribution < 1.29 is 19.4 Å². The van der Waals surface area contributed by atoms with E-state index < -0.39 is 5.97 Å². The fraction of sp³-hybridized carbons (Fsp3) is 0.267. The molecule has 4 nitrogen and oxygen atoms in total. The van der Waals surface area contributed by atoms with Crippen molar-refractivity contribution in [3.63, 3.8) is 0 Å². The average Bonchev–Trinajstić information content (AvgIpc) is 2.43. The van der Waals surface area contributed by atoms with E-state index in [2.05, 4.69) is 0 Å². The molecule has 4 heteroatoms. The first kappa shape index (κ1) is 13.2. The van der Waals surface area contributed by atoms with Crippen molar-refractivity contribution in [2.45, 2.75) is 13.3 Å². The van der Waals surface area contributed by atoms with Crippen LogP contribution in [0.3, 0.4) is 0 Å². The summed E-state index contributed by atoms with van der Waals surface area (Å²) in [6.07, 6.45) is 0.864. The van der Waals surface area contributed by atoms with Gasteiger partial charge in [0.25, 0.3) is 0 Å². The van der Waals surface area contributed by atoms with Crippen molar-refractivity contribution in [3.05, 3.63) is 35.9 Å². The topological polar surface area (TPSA) is 55.8 Å². The molecule has 2 rings (SSSR count). The zero-order valence-corrected chi connectivity index (χ0v) is 11.0. The van der Waals surface area contributed by atoms with Crippen LogP contribution >= 0.6 is 0 Å². The van der Waals surface area contributed by atoms with Crippen LogP contribution in [0.1, 0.15) is 23.7 Å². The van der Waals surface area contributed by atoms with Gasteiger partial charge in [0.15, 0.2) is 0 Å². The van der Waals surface area contributed by atoms with E-state index in [1.807, 2.05) is 19.1 Å². The first-order valence-corrected chi connectivity index (χ1v) is 6.13. The van der Waals surface area contributed by atoms with Crippen LogP contribution in [0.5, 0.6) is 11.5 Å². The lowest BCUT2D eigenvalue weighted by atomic mass is 10.1. The number of carbonyl (C=O) groups is 1. The minimum atomic E-state index is -0.959. The minimum absolute atomic E-state index is 0.226. The lowest BCUT2D eigenvalue weighted by molar-refractivity contribution is 0.0696. The van der Waals surface area contributed by atoms with Crippen molar-refractivity contribution in [2.75, 3.05) is 13.7 Å². The van der Waals surface area contributed by atoms with Crippen LogP contribution in [0.15, 0.2) is 30.3 Å². The molecule has 0 saturated carbocycles. The van der Waals surface area contributed by atoms with E-state index in [0.717, 1.165) is 22.9 Å². The summed E-state index contributed by atoms with van der Waals surface area (Å²) in [5.74, 6) is 0.339. The molecule has 0 heterocycles. The molecule has 0 radical (unpaired) electrons. The Morgan fingerprint density at radius 2 is 2.05 bits per heavy atom. The van der Waals surface area contributed by atoms with Crippen molar-refractivity contribution in [1.29, 1.82) is 0 Å². The quantitative estimate of drug-likeness (QED) is 0.895. The van der Waals surface area contributed by atoms with Gasteiger partial charge in [0.05, 0.1) is 19.3 Å². The number of aromatic carboxylic acids is 1. The third-order valence-electron chi connectivity index (χ3n) is 2.83. The maximum atomic E-state index is 11.1. The summed E-state index contributed by atoms with van der Waals surface area (Å²) in [4.78, 5) is 11.1. The van der Waals surface area contributed by atoms with Gasteiger partial charge >= 0.3 is 5.97 Å². The summed E-state index contributed by atoms with van der Waals surface area (Å²) in [5.41, 5.74) is 0.226. The highest BCUT2D eigenvalue weighted by molar-refractivity contribution is 5.98. The Balaban J connectivity index is 2.60. The molecule has 0 saturated heterocycles. The van der Waals surface area contributed by atoms with Gasteiger partial charge in [-0.25, -0.2) is 4.79 Å². The molecule has 2 aromatic rings. The van der Waals surface area contributed by atoms with Crippen LogP contribution in [-0.2, 0) is 0 Å². The van der Waals surface area contributed by atoms with Gasteiger partial charge in [0, 0.05) is 5.39 Å². The highest BCUT2D eigenvalue weighted by Gasteiger charge is 2.11. The maximum Gasteiger partial charge on any atom is 0.335 e. The standard InChI is InChI=1S/C15H16O4/c1-3-6-19-14-8-11(15(16)17)7-10-4-5-12(18-2)9-13(10)14/h4-5,7-9H,3,6H2,1-2H3,(H,16,17). The smallest absolute Gasteiger partial charge is 0.335 e. The van der Waals surface area contributed by atoms with Crippen LogP contribution in [-0.4, -0.2) is 24.8 Å². The molecule has 0 unspecified atom stereocenters. The third-order valence-corrected chi connectivity index (χ3v) is 2.83. The van der Waals surface area contributed by atoms with Gasteiger partial charge in [-0.1, -0.05) is 13.0 Å². The number of carboxylic acids is 1. The molecule has 2 aromatic carbocycles. The summed E-state index contributed by atoms with van der Waals surface area (Å²) in [6, 6.07) is 8.68. The first-order chi connectivity index (χ1) is 9.15. The lowest BCUT2D eigenvalue weighted by Crippen LogP contribution is -2.01. The van der Waals surface area contributed by atoms with Gasteiger partial charge in [0.1, 0.15) is 11.5 Å². The Bertz CT molecular complexity index is 604. The van der Waals surface area contributed by atoms with Gasteiger partial charge in [0.2, 0.25) is 0 Å². The van der Waals surface area contributed by atoms with Gasteiger partial charge in [-0.2, -0.15) is 0 Å². The van der Waals surface area contributed by atoms with Crippen molar-refractivity contribution >= 4 is 16.7 Å². The monoisotopic (exact) mass is 260 g/mol. The van der Waals surface area contributed by atoms with E-state index in [4.69, 9.17) is 14.6 Å². The Labute approximate surface area is 111 Å². The van der Waals surface area contributed by atoms with Gasteiger partial charge in [-0.05, 0) is 36.1 Å². The highest BCUT2D eigenvalue weighted by atomic mass is 16.5. The highest BCUT2D eigenvalue weighted by Crippen LogP contribution is 2.31. The molecule has 0 bridgehead atoms. The Morgan fingerprint density at radius 3 is 2.68 bits per heavy atom. The van der Waals surface area contributed by atoms with Crippen molar-refractivity contribution in [2.24, 2.45) is 0 Å². The first-order valence-electron chi connectivity index (χ1n) is 6.13. The van der Waals surface area contributed by atoms with E-state index in [0.29, 0.717) is 12.4 Å². The van der Waals surface area contributed by atoms with Gasteiger partial charge in [-0.3, -0.25) is 0 Å². The molecule has 0 aromatic heterocycles. The van der Waals surface area contributed by atoms with Crippen LogP contribution in [0, 0.1) is 0 Å². The van der Waals surface area contributed by atoms with Gasteiger partial charge < -0.3 is 14.6 Å². The Kier molecular flexibility index (Phi) is 3.90. The molecule has 0 aliphatic carbocycles. The van der Waals surface area contributed by atoms with Crippen LogP contribution < -0.4 is 9.47 Å². The fourth-order valence-corrected chi connectivity index (χ4v) is 1.88. The second-order valence-corrected chi connectivity index (χ2v) is 4.22. The number of rotatable bonds is 5. The second kappa shape index (κ2) is 5.61. The molecule has 0 aliphatic heterocycles. The van der Waals surface area contributed by atoms with E-state index in [1.165, 1.54) is 0 Å². The van der Waals surface area contributed by atoms with Crippen LogP contribution in [0.25, 0.3) is 10.8 Å². The lowest BCUT2D eigenvalue weighted by Gasteiger charge is -2.11. The SMILES string of the molecule is CCCOc1cc(C(=O)O)cc2ccc(OC)cc12. The Morgan fingerprint density at radius 1 is 1.26 bits per heavy atom. The fourth-order valence-electron chi connectivity index (χ4n) is 1.88. The number of ether oxygens (including phenoxy) is 2. The van der Waals surface area contributed by atoms with E-state index in [-0.39, 0.29) is 5.56 Å². The molecule has 0 amide bonds. The van der Waals surface area contributed by atoms with E-state index in [9.17, 15) is 4.79 Å². The number of hydrogen-bond donors (Lipinski definition) is 1. The zero-order chi connectivity index (χ0) is 13.8. The maximum absolute atomic E-state index is 11.1. The number of methoxy groups -OCH3 is 1. The molecular formula is C15H16O4. The number of benzene rings is 2. The number of hydrogen-bond acceptors (Lipinski definition) is 3. The van der Waals surface area contributed by atoms with Crippen LogP contribution in [0.2, 0.25) is 0 Å². The summed E-state index contributed by atoms with van der Waals surface area (Å²) in [5, 5.41) is 10.8. The molecule has 100 valence electrons. The predicted molar refractivity (Wildman–Crippen MR) is 73.2 cm³/mol. The second-order valence-electron chi connectivity index (χ2n) is 4.22. The van der Waals surface area contributed by atoms with Crippen molar-refractivity contribution in [1.82, 2.24) is 0 Å². The molecule has 0 atom stereocenters. The minimum Gasteiger partial charge on any atom is -0.497 e. The number of fused-ring (bicyclic) bond motifs is 1. The van der Waals surface area contributed by atoms with Crippen molar-refractivity contribution in [3.8, 4) is 11.5 Å². The third kappa shape index (κ3) is 2.78. The number of carboxylic acid groups (broad SMARTS) is 1. The summed E-state index contributed by atoms with van der Waals surface area (Å²) in [6.45, 7) is 2.55. The van der Waals surface area contributed by atoms with E-state index in [1.54, 1.807) is 25.3 Å². The molecular weight excluding hydrogens is 244 g/mol. The molecule has 0 spiro atoms. The van der Waals surface area contributed by atoms with Crippen LogP contribution in [0.4, 0.5) is 0 Å². The van der Waals surface area contributed by atoms with Gasteiger partial charge in [-0.15, -0.1) is 0 Å². The summed E-state index contributed by atoms with van der Waals surface area (Å²) in [7, 11) is 1.60. The molecule has 1 N–H and O–H groups in total.